The van der Waals surface area contributed by atoms with E-state index in [9.17, 15) is 17.6 Å². The van der Waals surface area contributed by atoms with Gasteiger partial charge in [0, 0.05) is 22.3 Å². The molecule has 0 bridgehead atoms. The molecule has 24 heavy (non-hydrogen) atoms. The van der Waals surface area contributed by atoms with Gasteiger partial charge in [0.2, 0.25) is 0 Å². The van der Waals surface area contributed by atoms with Crippen molar-refractivity contribution >= 4 is 0 Å². The second-order valence-electron chi connectivity index (χ2n) is 5.43. The Morgan fingerprint density at radius 2 is 0.708 bits per heavy atom. The molecule has 3 aromatic carbocycles. The van der Waals surface area contributed by atoms with Crippen molar-refractivity contribution in [1.82, 2.24) is 0 Å². The lowest BCUT2D eigenvalue weighted by atomic mass is 9.90. The summed E-state index contributed by atoms with van der Waals surface area (Å²) in [6.07, 6.45) is 0. The summed E-state index contributed by atoms with van der Waals surface area (Å²) in [5.41, 5.74) is -2.02. The highest BCUT2D eigenvalue weighted by Crippen LogP contribution is 2.44. The fourth-order valence-corrected chi connectivity index (χ4v) is 2.64. The fraction of sp³-hybridized carbons (Fsp3) is 0.100. The Bertz CT molecular complexity index is 741. The van der Waals surface area contributed by atoms with Crippen LogP contribution in [0.3, 0.4) is 0 Å². The van der Waals surface area contributed by atoms with Crippen LogP contribution >= 0.6 is 0 Å². The van der Waals surface area contributed by atoms with E-state index < -0.39 is 23.0 Å². The first kappa shape index (κ1) is 16.2. The standard InChI is InChI=1S/C20H14F4/c21-19(22,15-9-3-1-4-10-15)17-13-7-8-14-18(17)20(23,24)16-11-5-2-6-12-16/h1-14H. The second-order valence-corrected chi connectivity index (χ2v) is 5.43. The first-order valence-electron chi connectivity index (χ1n) is 7.40. The van der Waals surface area contributed by atoms with Gasteiger partial charge >= 0.3 is 0 Å². The Kier molecular flexibility index (Phi) is 4.14. The Balaban J connectivity index is 2.16. The summed E-state index contributed by atoms with van der Waals surface area (Å²) in [7, 11) is 0. The predicted octanol–water partition coefficient (Wildman–Crippen LogP) is 5.97. The van der Waals surface area contributed by atoms with Gasteiger partial charge in [0.25, 0.3) is 11.8 Å². The maximum atomic E-state index is 14.9. The van der Waals surface area contributed by atoms with E-state index in [2.05, 4.69) is 0 Å². The van der Waals surface area contributed by atoms with Gasteiger partial charge < -0.3 is 0 Å². The zero-order chi connectivity index (χ0) is 17.2. The zero-order valence-corrected chi connectivity index (χ0v) is 12.6. The summed E-state index contributed by atoms with van der Waals surface area (Å²) in [5.74, 6) is -7.04. The van der Waals surface area contributed by atoms with Crippen molar-refractivity contribution < 1.29 is 17.6 Å². The summed E-state index contributed by atoms with van der Waals surface area (Å²) >= 11 is 0. The summed E-state index contributed by atoms with van der Waals surface area (Å²) in [6.45, 7) is 0. The third-order valence-electron chi connectivity index (χ3n) is 3.88. The Labute approximate surface area is 137 Å². The lowest BCUT2D eigenvalue weighted by Gasteiger charge is -2.25. The van der Waals surface area contributed by atoms with Gasteiger partial charge in [0.1, 0.15) is 0 Å². The summed E-state index contributed by atoms with van der Waals surface area (Å²) in [4.78, 5) is 0. The van der Waals surface area contributed by atoms with Gasteiger partial charge in [-0.1, -0.05) is 84.9 Å². The van der Waals surface area contributed by atoms with Gasteiger partial charge in [-0.2, -0.15) is 17.6 Å². The van der Waals surface area contributed by atoms with Crippen LogP contribution in [0.25, 0.3) is 0 Å². The van der Waals surface area contributed by atoms with Gasteiger partial charge in [-0.15, -0.1) is 0 Å². The topological polar surface area (TPSA) is 0 Å². The van der Waals surface area contributed by atoms with E-state index in [4.69, 9.17) is 0 Å². The fourth-order valence-electron chi connectivity index (χ4n) is 2.64. The monoisotopic (exact) mass is 330 g/mol. The Morgan fingerprint density at radius 1 is 0.417 bits per heavy atom. The van der Waals surface area contributed by atoms with Gasteiger partial charge in [-0.25, -0.2) is 0 Å². The number of alkyl halides is 4. The van der Waals surface area contributed by atoms with E-state index in [1.54, 1.807) is 12.1 Å². The number of benzene rings is 3. The van der Waals surface area contributed by atoms with Crippen LogP contribution in [0.5, 0.6) is 0 Å². The summed E-state index contributed by atoms with van der Waals surface area (Å²) in [6, 6.07) is 18.8. The van der Waals surface area contributed by atoms with E-state index in [0.29, 0.717) is 0 Å². The third kappa shape index (κ3) is 2.80. The van der Waals surface area contributed by atoms with Crippen molar-refractivity contribution in [2.24, 2.45) is 0 Å². The van der Waals surface area contributed by atoms with Gasteiger partial charge in [0.05, 0.1) is 0 Å². The molecule has 0 atom stereocenters. The molecule has 0 fully saturated rings. The molecular weight excluding hydrogens is 316 g/mol. The SMILES string of the molecule is FC(F)(c1ccccc1)c1ccccc1C(F)(F)c1ccccc1. The lowest BCUT2D eigenvalue weighted by Crippen LogP contribution is -2.24. The molecule has 0 unspecified atom stereocenters. The molecule has 3 aromatic rings. The molecule has 3 rings (SSSR count). The molecular formula is C20H14F4. The van der Waals surface area contributed by atoms with E-state index in [-0.39, 0.29) is 11.1 Å². The van der Waals surface area contributed by atoms with E-state index in [0.717, 1.165) is 12.1 Å². The maximum absolute atomic E-state index is 14.9. The summed E-state index contributed by atoms with van der Waals surface area (Å²) < 4.78 is 59.4. The molecule has 0 aliphatic carbocycles. The van der Waals surface area contributed by atoms with E-state index in [1.807, 2.05) is 0 Å². The number of hydrogen-bond acceptors (Lipinski definition) is 0. The van der Waals surface area contributed by atoms with Crippen LogP contribution < -0.4 is 0 Å². The van der Waals surface area contributed by atoms with Gasteiger partial charge in [-0.05, 0) is 0 Å². The largest absolute Gasteiger partial charge is 0.298 e. The highest BCUT2D eigenvalue weighted by molar-refractivity contribution is 5.44. The molecule has 0 radical (unpaired) electrons. The number of halogens is 4. The quantitative estimate of drug-likeness (QED) is 0.517. The Morgan fingerprint density at radius 3 is 1.04 bits per heavy atom. The molecule has 0 saturated heterocycles. The molecule has 0 N–H and O–H groups in total. The second kappa shape index (κ2) is 6.11. The van der Waals surface area contributed by atoms with Crippen LogP contribution in [0.4, 0.5) is 17.6 Å². The normalized spacial score (nSPS) is 12.2. The molecule has 122 valence electrons. The van der Waals surface area contributed by atoms with Gasteiger partial charge in [0.15, 0.2) is 0 Å². The Hall–Kier alpha value is -2.62. The van der Waals surface area contributed by atoms with Crippen molar-refractivity contribution in [3.63, 3.8) is 0 Å². The molecule has 4 heteroatoms. The molecule has 0 aliphatic heterocycles. The average Bonchev–Trinajstić information content (AvgIpc) is 2.63. The molecule has 0 saturated carbocycles. The van der Waals surface area contributed by atoms with Crippen LogP contribution in [0.15, 0.2) is 84.9 Å². The zero-order valence-electron chi connectivity index (χ0n) is 12.6. The molecule has 0 aliphatic rings. The maximum Gasteiger partial charge on any atom is 0.298 e. The first-order valence-corrected chi connectivity index (χ1v) is 7.40. The third-order valence-corrected chi connectivity index (χ3v) is 3.88. The minimum atomic E-state index is -3.52. The van der Waals surface area contributed by atoms with Crippen molar-refractivity contribution in [3.8, 4) is 0 Å². The number of hydrogen-bond donors (Lipinski definition) is 0. The minimum Gasteiger partial charge on any atom is -0.196 e. The van der Waals surface area contributed by atoms with E-state index >= 15 is 0 Å². The van der Waals surface area contributed by atoms with Crippen molar-refractivity contribution in [1.29, 1.82) is 0 Å². The van der Waals surface area contributed by atoms with Crippen molar-refractivity contribution in [2.45, 2.75) is 11.8 Å². The smallest absolute Gasteiger partial charge is 0.196 e. The minimum absolute atomic E-state index is 0.318. The average molecular weight is 330 g/mol. The molecule has 0 aromatic heterocycles. The lowest BCUT2D eigenvalue weighted by molar-refractivity contribution is 0.0153. The predicted molar refractivity (Wildman–Crippen MR) is 85.3 cm³/mol. The highest BCUT2D eigenvalue weighted by atomic mass is 19.3. The molecule has 0 amide bonds. The van der Waals surface area contributed by atoms with Crippen molar-refractivity contribution in [2.75, 3.05) is 0 Å². The van der Waals surface area contributed by atoms with Crippen LogP contribution in [0.2, 0.25) is 0 Å². The highest BCUT2D eigenvalue weighted by Gasteiger charge is 2.44. The molecule has 0 heterocycles. The van der Waals surface area contributed by atoms with Gasteiger partial charge in [-0.3, -0.25) is 0 Å². The molecule has 0 nitrogen and oxygen atoms in total. The van der Waals surface area contributed by atoms with Crippen LogP contribution in [-0.4, -0.2) is 0 Å². The number of rotatable bonds is 4. The van der Waals surface area contributed by atoms with Crippen LogP contribution in [0, 0.1) is 0 Å². The van der Waals surface area contributed by atoms with E-state index in [1.165, 1.54) is 60.7 Å². The molecule has 0 spiro atoms. The van der Waals surface area contributed by atoms with Crippen molar-refractivity contribution in [3.05, 3.63) is 107 Å². The first-order chi connectivity index (χ1) is 11.4. The van der Waals surface area contributed by atoms with Crippen LogP contribution in [-0.2, 0) is 11.8 Å². The summed E-state index contributed by atoms with van der Waals surface area (Å²) in [5, 5.41) is 0. The van der Waals surface area contributed by atoms with Crippen LogP contribution in [0.1, 0.15) is 22.3 Å².